The van der Waals surface area contributed by atoms with Crippen LogP contribution in [0.5, 0.6) is 11.6 Å². The molecule has 1 atom stereocenters. The molecule has 1 heterocycles. The number of benzene rings is 1. The van der Waals surface area contributed by atoms with E-state index in [1.54, 1.807) is 25.1 Å². The fraction of sp³-hybridized carbons (Fsp3) is 0.273. The van der Waals surface area contributed by atoms with Gasteiger partial charge in [-0.25, -0.2) is 13.4 Å². The number of para-hydroxylation sites is 1. The lowest BCUT2D eigenvalue weighted by molar-refractivity contribution is 0.0944. The maximum atomic E-state index is 12.8. The summed E-state index contributed by atoms with van der Waals surface area (Å²) in [6.45, 7) is 1.70. The minimum Gasteiger partial charge on any atom is -0.438 e. The summed E-state index contributed by atoms with van der Waals surface area (Å²) in [6.07, 6.45) is 7.76. The molecule has 0 bridgehead atoms. The highest BCUT2D eigenvalue weighted by Gasteiger charge is 2.19. The van der Waals surface area contributed by atoms with Gasteiger partial charge in [0.15, 0.2) is 9.84 Å². The number of ether oxygens (including phenoxy) is 1. The van der Waals surface area contributed by atoms with E-state index in [9.17, 15) is 13.2 Å². The average Bonchev–Trinajstić information content (AvgIpc) is 3.21. The third-order valence-electron chi connectivity index (χ3n) is 4.41. The Hall–Kier alpha value is -2.93. The number of sulfone groups is 1. The molecule has 2 aromatic rings. The molecule has 0 spiro atoms. The Balaban J connectivity index is 1.87. The van der Waals surface area contributed by atoms with Gasteiger partial charge >= 0.3 is 0 Å². The number of carbonyl (C=O) groups is 1. The van der Waals surface area contributed by atoms with Crippen molar-refractivity contribution in [2.75, 3.05) is 6.26 Å². The summed E-state index contributed by atoms with van der Waals surface area (Å²) in [4.78, 5) is 17.4. The number of rotatable bonds is 7. The molecular formula is C22H24N2O4S. The largest absolute Gasteiger partial charge is 0.438 e. The van der Waals surface area contributed by atoms with Crippen LogP contribution in [0.15, 0.2) is 60.0 Å². The van der Waals surface area contributed by atoms with E-state index in [0.717, 1.165) is 42.2 Å². The first-order valence-electron chi connectivity index (χ1n) is 9.44. The lowest BCUT2D eigenvalue weighted by Gasteiger charge is -2.14. The van der Waals surface area contributed by atoms with Gasteiger partial charge in [0.2, 0.25) is 5.88 Å². The van der Waals surface area contributed by atoms with Crippen LogP contribution in [0.1, 0.15) is 42.2 Å². The van der Waals surface area contributed by atoms with Crippen LogP contribution < -0.4 is 10.1 Å². The number of carbonyl (C=O) groups excluding carboxylic acids is 1. The Labute approximate surface area is 171 Å². The first-order valence-corrected chi connectivity index (χ1v) is 11.4. The van der Waals surface area contributed by atoms with Crippen LogP contribution >= 0.6 is 0 Å². The van der Waals surface area contributed by atoms with E-state index >= 15 is 0 Å². The van der Waals surface area contributed by atoms with Crippen molar-refractivity contribution in [3.05, 3.63) is 71.3 Å². The molecule has 3 rings (SSSR count). The monoisotopic (exact) mass is 412 g/mol. The summed E-state index contributed by atoms with van der Waals surface area (Å²) in [5, 5.41) is 3.84. The first-order chi connectivity index (χ1) is 13.8. The number of nitrogens with one attached hydrogen (secondary N) is 1. The van der Waals surface area contributed by atoms with Crippen molar-refractivity contribution >= 4 is 21.3 Å². The van der Waals surface area contributed by atoms with Crippen LogP contribution in [-0.4, -0.2) is 31.6 Å². The van der Waals surface area contributed by atoms with Crippen molar-refractivity contribution in [3.8, 4) is 11.6 Å². The van der Waals surface area contributed by atoms with E-state index in [4.69, 9.17) is 4.74 Å². The van der Waals surface area contributed by atoms with E-state index in [1.165, 1.54) is 6.08 Å². The van der Waals surface area contributed by atoms with Crippen molar-refractivity contribution in [1.29, 1.82) is 0 Å². The Morgan fingerprint density at radius 2 is 1.97 bits per heavy atom. The Morgan fingerprint density at radius 3 is 2.62 bits per heavy atom. The molecule has 6 nitrogen and oxygen atoms in total. The van der Waals surface area contributed by atoms with Gasteiger partial charge in [0.05, 0.1) is 5.69 Å². The molecule has 0 saturated heterocycles. The normalized spacial score (nSPS) is 15.2. The fourth-order valence-corrected chi connectivity index (χ4v) is 3.49. The van der Waals surface area contributed by atoms with Crippen molar-refractivity contribution in [1.82, 2.24) is 10.3 Å². The van der Waals surface area contributed by atoms with Gasteiger partial charge in [-0.2, -0.15) is 0 Å². The molecule has 29 heavy (non-hydrogen) atoms. The highest BCUT2D eigenvalue weighted by molar-refractivity contribution is 7.93. The minimum atomic E-state index is -3.26. The van der Waals surface area contributed by atoms with Crippen LogP contribution in [0, 0.1) is 0 Å². The molecule has 0 radical (unpaired) electrons. The Bertz CT molecular complexity index is 1040. The predicted molar refractivity (Wildman–Crippen MR) is 113 cm³/mol. The van der Waals surface area contributed by atoms with Gasteiger partial charge in [0.25, 0.3) is 5.91 Å². The standard InChI is InChI=1S/C22H24N2O4S/c1-16(14-15-29(2,26)27)23-21(25)19-12-13-20(17-8-6-7-9-17)24-22(19)28-18-10-4-3-5-11-18/h3-5,8,10-16H,6-7,9H2,1-2H3,(H,23,25)/b15-14+/t16-/m0/s1. The third-order valence-corrected chi connectivity index (χ3v) is 5.06. The number of aromatic nitrogens is 1. The Morgan fingerprint density at radius 1 is 1.21 bits per heavy atom. The fourth-order valence-electron chi connectivity index (χ4n) is 2.97. The van der Waals surface area contributed by atoms with Crippen LogP contribution in [-0.2, 0) is 9.84 Å². The molecule has 1 N–H and O–H groups in total. The number of amides is 1. The summed E-state index contributed by atoms with van der Waals surface area (Å²) in [6, 6.07) is 12.2. The molecule has 0 fully saturated rings. The van der Waals surface area contributed by atoms with Gasteiger partial charge in [-0.05, 0) is 56.0 Å². The molecule has 0 saturated carbocycles. The summed E-state index contributed by atoms with van der Waals surface area (Å²) >= 11 is 0. The van der Waals surface area contributed by atoms with Crippen LogP contribution in [0.2, 0.25) is 0 Å². The molecule has 0 aliphatic heterocycles. The lowest BCUT2D eigenvalue weighted by atomic mass is 10.1. The maximum Gasteiger partial charge on any atom is 0.257 e. The molecule has 1 aliphatic carbocycles. The second kappa shape index (κ2) is 9.05. The van der Waals surface area contributed by atoms with E-state index in [-0.39, 0.29) is 17.4 Å². The van der Waals surface area contributed by atoms with Crippen LogP contribution in [0.4, 0.5) is 0 Å². The van der Waals surface area contributed by atoms with Gasteiger partial charge in [0.1, 0.15) is 11.3 Å². The Kier molecular flexibility index (Phi) is 6.49. The summed E-state index contributed by atoms with van der Waals surface area (Å²) in [7, 11) is -3.26. The molecule has 152 valence electrons. The first kappa shape index (κ1) is 20.8. The van der Waals surface area contributed by atoms with E-state index in [1.807, 2.05) is 24.3 Å². The third kappa shape index (κ3) is 6.02. The second-order valence-corrected chi connectivity index (χ2v) is 8.94. The zero-order valence-corrected chi connectivity index (χ0v) is 17.3. The maximum absolute atomic E-state index is 12.8. The van der Waals surface area contributed by atoms with Gasteiger partial charge in [0, 0.05) is 17.7 Å². The van der Waals surface area contributed by atoms with E-state index < -0.39 is 15.9 Å². The van der Waals surface area contributed by atoms with Gasteiger partial charge in [-0.1, -0.05) is 30.4 Å². The molecule has 1 aromatic carbocycles. The highest BCUT2D eigenvalue weighted by atomic mass is 32.2. The zero-order valence-electron chi connectivity index (χ0n) is 16.5. The average molecular weight is 413 g/mol. The molecule has 7 heteroatoms. The molecule has 1 amide bonds. The number of nitrogens with zero attached hydrogens (tertiary/aromatic N) is 1. The van der Waals surface area contributed by atoms with Gasteiger partial charge in [-0.15, -0.1) is 0 Å². The lowest BCUT2D eigenvalue weighted by Crippen LogP contribution is -2.31. The van der Waals surface area contributed by atoms with Crippen LogP contribution in [0.3, 0.4) is 0 Å². The molecule has 0 unspecified atom stereocenters. The molecule has 1 aliphatic rings. The summed E-state index contributed by atoms with van der Waals surface area (Å²) < 4.78 is 28.5. The number of hydrogen-bond donors (Lipinski definition) is 1. The van der Waals surface area contributed by atoms with Crippen molar-refractivity contribution in [3.63, 3.8) is 0 Å². The van der Waals surface area contributed by atoms with E-state index in [2.05, 4.69) is 16.4 Å². The predicted octanol–water partition coefficient (Wildman–Crippen LogP) is 4.12. The van der Waals surface area contributed by atoms with Crippen molar-refractivity contribution < 1.29 is 17.9 Å². The van der Waals surface area contributed by atoms with Crippen molar-refractivity contribution in [2.45, 2.75) is 32.2 Å². The van der Waals surface area contributed by atoms with Gasteiger partial charge < -0.3 is 10.1 Å². The number of pyridine rings is 1. The quantitative estimate of drug-likeness (QED) is 0.739. The highest BCUT2D eigenvalue weighted by Crippen LogP contribution is 2.30. The summed E-state index contributed by atoms with van der Waals surface area (Å²) in [5.41, 5.74) is 2.24. The number of hydrogen-bond acceptors (Lipinski definition) is 5. The zero-order chi connectivity index (χ0) is 20.9. The van der Waals surface area contributed by atoms with Crippen molar-refractivity contribution in [2.24, 2.45) is 0 Å². The molecule has 1 aromatic heterocycles. The molecular weight excluding hydrogens is 388 g/mol. The van der Waals surface area contributed by atoms with Crippen LogP contribution in [0.25, 0.3) is 5.57 Å². The minimum absolute atomic E-state index is 0.221. The number of allylic oxidation sites excluding steroid dienone is 2. The smallest absolute Gasteiger partial charge is 0.257 e. The SMILES string of the molecule is C[C@@H](/C=C/S(C)(=O)=O)NC(=O)c1ccc(C2=CCCC2)nc1Oc1ccccc1. The second-order valence-electron chi connectivity index (χ2n) is 7.01. The van der Waals surface area contributed by atoms with E-state index in [0.29, 0.717) is 5.75 Å². The van der Waals surface area contributed by atoms with Gasteiger partial charge in [-0.3, -0.25) is 4.79 Å². The topological polar surface area (TPSA) is 85.4 Å². The summed E-state index contributed by atoms with van der Waals surface area (Å²) in [5.74, 6) is 0.413.